The molecule has 7 nitrogen and oxygen atoms in total. The first-order valence-corrected chi connectivity index (χ1v) is 13.4. The van der Waals surface area contributed by atoms with E-state index < -0.39 is 16.1 Å². The number of benzene rings is 2. The van der Waals surface area contributed by atoms with Gasteiger partial charge in [0.2, 0.25) is 21.8 Å². The van der Waals surface area contributed by atoms with Gasteiger partial charge in [-0.2, -0.15) is 0 Å². The van der Waals surface area contributed by atoms with Crippen LogP contribution in [-0.4, -0.2) is 50.0 Å². The standard InChI is InChI=1S/C26H37N3O4S/c1-19(2)27-26(31)22(5)28(18-23-13-9-20(3)10-14-23)25(30)8-7-17-29(34(6,32)33)24-15-11-21(4)12-16-24/h9-16,19,22H,7-8,17-18H2,1-6H3,(H,27,31)/t22-/m1/s1. The largest absolute Gasteiger partial charge is 0.352 e. The van der Waals surface area contributed by atoms with E-state index in [0.717, 1.165) is 22.9 Å². The van der Waals surface area contributed by atoms with Crippen LogP contribution < -0.4 is 9.62 Å². The van der Waals surface area contributed by atoms with E-state index in [2.05, 4.69) is 5.32 Å². The molecule has 0 saturated heterocycles. The van der Waals surface area contributed by atoms with Crippen LogP contribution in [0.4, 0.5) is 5.69 Å². The third-order valence-electron chi connectivity index (χ3n) is 5.55. The molecular weight excluding hydrogens is 450 g/mol. The second-order valence-corrected chi connectivity index (χ2v) is 11.0. The van der Waals surface area contributed by atoms with Gasteiger partial charge < -0.3 is 10.2 Å². The first-order chi connectivity index (χ1) is 15.9. The molecule has 2 aromatic rings. The Hall–Kier alpha value is -2.87. The summed E-state index contributed by atoms with van der Waals surface area (Å²) in [5.41, 5.74) is 3.65. The fourth-order valence-electron chi connectivity index (χ4n) is 3.59. The van der Waals surface area contributed by atoms with E-state index in [1.54, 1.807) is 24.0 Å². The lowest BCUT2D eigenvalue weighted by Crippen LogP contribution is -2.49. The molecule has 2 rings (SSSR count). The average molecular weight is 488 g/mol. The van der Waals surface area contributed by atoms with Crippen molar-refractivity contribution >= 4 is 27.5 Å². The zero-order valence-electron chi connectivity index (χ0n) is 21.0. The molecule has 34 heavy (non-hydrogen) atoms. The second-order valence-electron chi connectivity index (χ2n) is 9.12. The predicted molar refractivity (Wildman–Crippen MR) is 137 cm³/mol. The highest BCUT2D eigenvalue weighted by Gasteiger charge is 2.27. The van der Waals surface area contributed by atoms with Crippen LogP contribution in [0.25, 0.3) is 0 Å². The number of anilines is 1. The number of sulfonamides is 1. The zero-order chi connectivity index (χ0) is 25.5. The lowest BCUT2D eigenvalue weighted by Gasteiger charge is -2.30. The quantitative estimate of drug-likeness (QED) is 0.522. The maximum Gasteiger partial charge on any atom is 0.242 e. The highest BCUT2D eigenvalue weighted by Crippen LogP contribution is 2.20. The molecule has 1 atom stereocenters. The van der Waals surface area contributed by atoms with Crippen LogP contribution in [0.3, 0.4) is 0 Å². The molecule has 8 heteroatoms. The fraction of sp³-hybridized carbons (Fsp3) is 0.462. The third-order valence-corrected chi connectivity index (χ3v) is 6.74. The molecular formula is C26H37N3O4S. The van der Waals surface area contributed by atoms with E-state index in [0.29, 0.717) is 18.7 Å². The Labute approximate surface area is 204 Å². The van der Waals surface area contributed by atoms with Crippen LogP contribution >= 0.6 is 0 Å². The van der Waals surface area contributed by atoms with Crippen molar-refractivity contribution in [2.24, 2.45) is 0 Å². The molecule has 0 radical (unpaired) electrons. The lowest BCUT2D eigenvalue weighted by molar-refractivity contribution is -0.140. The third kappa shape index (κ3) is 8.17. The van der Waals surface area contributed by atoms with Crippen molar-refractivity contribution in [1.29, 1.82) is 0 Å². The van der Waals surface area contributed by atoms with Crippen LogP contribution in [0, 0.1) is 13.8 Å². The zero-order valence-corrected chi connectivity index (χ0v) is 21.9. The summed E-state index contributed by atoms with van der Waals surface area (Å²) in [6, 6.07) is 14.4. The summed E-state index contributed by atoms with van der Waals surface area (Å²) < 4.78 is 26.1. The van der Waals surface area contributed by atoms with Crippen molar-refractivity contribution in [3.63, 3.8) is 0 Å². The normalized spacial score (nSPS) is 12.3. The van der Waals surface area contributed by atoms with E-state index in [9.17, 15) is 18.0 Å². The Balaban J connectivity index is 2.15. The summed E-state index contributed by atoms with van der Waals surface area (Å²) in [6.07, 6.45) is 1.63. The van der Waals surface area contributed by atoms with Crippen LogP contribution in [0.2, 0.25) is 0 Å². The van der Waals surface area contributed by atoms with E-state index in [-0.39, 0.29) is 30.8 Å². The number of hydrogen-bond acceptors (Lipinski definition) is 4. The Bertz CT molecular complexity index is 1060. The van der Waals surface area contributed by atoms with Crippen LogP contribution in [0.15, 0.2) is 48.5 Å². The molecule has 0 aliphatic carbocycles. The smallest absolute Gasteiger partial charge is 0.242 e. The van der Waals surface area contributed by atoms with Gasteiger partial charge >= 0.3 is 0 Å². The number of carbonyl (C=O) groups excluding carboxylic acids is 2. The Morgan fingerprint density at radius 3 is 1.94 bits per heavy atom. The molecule has 2 aromatic carbocycles. The number of rotatable bonds is 11. The van der Waals surface area contributed by atoms with Gasteiger partial charge in [-0.1, -0.05) is 47.5 Å². The van der Waals surface area contributed by atoms with E-state index in [4.69, 9.17) is 0 Å². The lowest BCUT2D eigenvalue weighted by atomic mass is 10.1. The maximum absolute atomic E-state index is 13.2. The topological polar surface area (TPSA) is 86.8 Å². The predicted octanol–water partition coefficient (Wildman–Crippen LogP) is 3.79. The van der Waals surface area contributed by atoms with Crippen molar-refractivity contribution in [2.75, 3.05) is 17.1 Å². The highest BCUT2D eigenvalue weighted by atomic mass is 32.2. The Morgan fingerprint density at radius 1 is 0.912 bits per heavy atom. The SMILES string of the molecule is Cc1ccc(CN(C(=O)CCCN(c2ccc(C)cc2)S(C)(=O)=O)[C@H](C)C(=O)NC(C)C)cc1. The summed E-state index contributed by atoms with van der Waals surface area (Å²) in [6.45, 7) is 9.89. The van der Waals surface area contributed by atoms with Gasteiger partial charge in [-0.3, -0.25) is 13.9 Å². The molecule has 186 valence electrons. The molecule has 2 amide bonds. The van der Waals surface area contributed by atoms with Crippen molar-refractivity contribution in [2.45, 2.75) is 66.1 Å². The van der Waals surface area contributed by atoms with Gasteiger partial charge in [0.1, 0.15) is 6.04 Å². The second kappa shape index (κ2) is 12.0. The number of hydrogen-bond donors (Lipinski definition) is 1. The van der Waals surface area contributed by atoms with Gasteiger partial charge in [0.25, 0.3) is 0 Å². The van der Waals surface area contributed by atoms with Gasteiger partial charge in [-0.05, 0) is 58.7 Å². The molecule has 0 heterocycles. The molecule has 1 N–H and O–H groups in total. The maximum atomic E-state index is 13.2. The fourth-order valence-corrected chi connectivity index (χ4v) is 4.56. The molecule has 0 saturated carbocycles. The van der Waals surface area contributed by atoms with E-state index >= 15 is 0 Å². The van der Waals surface area contributed by atoms with Gasteiger partial charge in [0, 0.05) is 25.6 Å². The van der Waals surface area contributed by atoms with Crippen molar-refractivity contribution < 1.29 is 18.0 Å². The number of carbonyl (C=O) groups is 2. The Morgan fingerprint density at radius 2 is 1.44 bits per heavy atom. The van der Waals surface area contributed by atoms with Gasteiger partial charge in [0.15, 0.2) is 0 Å². The minimum Gasteiger partial charge on any atom is -0.352 e. The van der Waals surface area contributed by atoms with Crippen LogP contribution in [0.5, 0.6) is 0 Å². The number of amides is 2. The molecule has 0 spiro atoms. The van der Waals surface area contributed by atoms with Crippen molar-refractivity contribution in [3.8, 4) is 0 Å². The monoisotopic (exact) mass is 487 g/mol. The summed E-state index contributed by atoms with van der Waals surface area (Å²) >= 11 is 0. The van der Waals surface area contributed by atoms with E-state index in [1.165, 1.54) is 4.31 Å². The summed E-state index contributed by atoms with van der Waals surface area (Å²) in [5, 5.41) is 2.87. The van der Waals surface area contributed by atoms with Gasteiger partial charge in [-0.15, -0.1) is 0 Å². The number of aryl methyl sites for hydroxylation is 2. The molecule has 0 aliphatic heterocycles. The van der Waals surface area contributed by atoms with Gasteiger partial charge in [-0.25, -0.2) is 8.42 Å². The van der Waals surface area contributed by atoms with Crippen LogP contribution in [0.1, 0.15) is 50.3 Å². The van der Waals surface area contributed by atoms with Crippen molar-refractivity contribution in [3.05, 3.63) is 65.2 Å². The summed E-state index contributed by atoms with van der Waals surface area (Å²) in [4.78, 5) is 27.5. The Kier molecular flexibility index (Phi) is 9.67. The van der Waals surface area contributed by atoms with E-state index in [1.807, 2.05) is 64.1 Å². The summed E-state index contributed by atoms with van der Waals surface area (Å²) in [7, 11) is -3.50. The first-order valence-electron chi connectivity index (χ1n) is 11.6. The molecule has 0 fully saturated rings. The molecule has 0 aliphatic rings. The minimum absolute atomic E-state index is 0.0379. The van der Waals surface area contributed by atoms with Crippen molar-refractivity contribution in [1.82, 2.24) is 10.2 Å². The highest BCUT2D eigenvalue weighted by molar-refractivity contribution is 7.92. The molecule has 0 unspecified atom stereocenters. The number of nitrogens with zero attached hydrogens (tertiary/aromatic N) is 2. The molecule has 0 aromatic heterocycles. The number of nitrogens with one attached hydrogen (secondary N) is 1. The van der Waals surface area contributed by atoms with Crippen LogP contribution in [-0.2, 0) is 26.2 Å². The average Bonchev–Trinajstić information content (AvgIpc) is 2.75. The first kappa shape index (κ1) is 27.4. The molecule has 0 bridgehead atoms. The van der Waals surface area contributed by atoms with Gasteiger partial charge in [0.05, 0.1) is 11.9 Å². The summed E-state index contributed by atoms with van der Waals surface area (Å²) in [5.74, 6) is -0.405. The minimum atomic E-state index is -3.50.